The van der Waals surface area contributed by atoms with Crippen molar-refractivity contribution in [1.29, 1.82) is 0 Å². The third kappa shape index (κ3) is 8.95. The molecule has 0 bridgehead atoms. The highest BCUT2D eigenvalue weighted by Crippen LogP contribution is 2.12. The van der Waals surface area contributed by atoms with E-state index in [4.69, 9.17) is 9.47 Å². The number of rotatable bonds is 11. The van der Waals surface area contributed by atoms with E-state index in [-0.39, 0.29) is 25.2 Å². The van der Waals surface area contributed by atoms with Crippen molar-refractivity contribution in [2.45, 2.75) is 32.6 Å². The van der Waals surface area contributed by atoms with Crippen LogP contribution in [0.25, 0.3) is 0 Å². The Bertz CT molecular complexity index is 929. The summed E-state index contributed by atoms with van der Waals surface area (Å²) in [5, 5.41) is 5.14. The number of halogens is 1. The third-order valence-electron chi connectivity index (χ3n) is 4.12. The van der Waals surface area contributed by atoms with Crippen LogP contribution in [0.3, 0.4) is 0 Å². The molecule has 2 aromatic rings. The molecule has 0 saturated heterocycles. The summed E-state index contributed by atoms with van der Waals surface area (Å²) in [6.07, 6.45) is 1.03. The first-order valence-corrected chi connectivity index (χ1v) is 10.2. The van der Waals surface area contributed by atoms with Crippen molar-refractivity contribution in [3.8, 4) is 0 Å². The molecule has 0 unspecified atom stereocenters. The predicted molar refractivity (Wildman–Crippen MR) is 115 cm³/mol. The summed E-state index contributed by atoms with van der Waals surface area (Å²) in [6.45, 7) is 1.77. The smallest absolute Gasteiger partial charge is 0.338 e. The molecule has 0 heterocycles. The fourth-order valence-electron chi connectivity index (χ4n) is 2.53. The molecule has 0 radical (unpaired) electrons. The van der Waals surface area contributed by atoms with Crippen LogP contribution in [0.4, 0.5) is 15.8 Å². The number of ether oxygens (including phenoxy) is 2. The Labute approximate surface area is 185 Å². The molecule has 8 nitrogen and oxygen atoms in total. The van der Waals surface area contributed by atoms with Crippen LogP contribution in [0.5, 0.6) is 0 Å². The molecular formula is C23H25FN2O6. The minimum atomic E-state index is -0.609. The molecule has 0 fully saturated rings. The van der Waals surface area contributed by atoms with Crippen LogP contribution >= 0.6 is 0 Å². The van der Waals surface area contributed by atoms with Gasteiger partial charge in [-0.15, -0.1) is 0 Å². The number of esters is 2. The quantitative estimate of drug-likeness (QED) is 0.512. The Balaban J connectivity index is 1.63. The largest absolute Gasteiger partial charge is 0.462 e. The Morgan fingerprint density at radius 3 is 2.03 bits per heavy atom. The maximum absolute atomic E-state index is 12.8. The molecule has 0 saturated carbocycles. The number of hydrogen-bond donors (Lipinski definition) is 2. The second-order valence-corrected chi connectivity index (χ2v) is 6.83. The molecule has 170 valence electrons. The fourth-order valence-corrected chi connectivity index (χ4v) is 2.53. The van der Waals surface area contributed by atoms with Crippen LogP contribution in [-0.4, -0.2) is 37.0 Å². The average molecular weight is 444 g/mol. The third-order valence-corrected chi connectivity index (χ3v) is 4.12. The zero-order valence-corrected chi connectivity index (χ0v) is 17.7. The maximum Gasteiger partial charge on any atom is 0.338 e. The first-order chi connectivity index (χ1) is 15.4. The lowest BCUT2D eigenvalue weighted by Crippen LogP contribution is -2.21. The highest BCUT2D eigenvalue weighted by atomic mass is 19.1. The topological polar surface area (TPSA) is 111 Å². The van der Waals surface area contributed by atoms with Gasteiger partial charge < -0.3 is 20.1 Å². The Kier molecular flexibility index (Phi) is 9.83. The van der Waals surface area contributed by atoms with Gasteiger partial charge in [0.1, 0.15) is 5.82 Å². The van der Waals surface area contributed by atoms with Crippen LogP contribution in [0.15, 0.2) is 48.5 Å². The van der Waals surface area contributed by atoms with Crippen molar-refractivity contribution in [3.63, 3.8) is 0 Å². The summed E-state index contributed by atoms with van der Waals surface area (Å²) in [6, 6.07) is 11.5. The van der Waals surface area contributed by atoms with Crippen molar-refractivity contribution in [2.75, 3.05) is 23.8 Å². The summed E-state index contributed by atoms with van der Waals surface area (Å²) in [5.74, 6) is -2.31. The minimum absolute atomic E-state index is 0.0283. The number of amides is 2. The molecule has 0 aliphatic carbocycles. The van der Waals surface area contributed by atoms with Crippen molar-refractivity contribution >= 4 is 35.1 Å². The van der Waals surface area contributed by atoms with E-state index in [1.807, 2.05) is 6.92 Å². The Morgan fingerprint density at radius 1 is 0.812 bits per heavy atom. The second-order valence-electron chi connectivity index (χ2n) is 6.83. The van der Waals surface area contributed by atoms with E-state index in [0.29, 0.717) is 23.5 Å². The number of carbonyl (C=O) groups is 4. The van der Waals surface area contributed by atoms with E-state index in [9.17, 15) is 23.6 Å². The lowest BCUT2D eigenvalue weighted by Gasteiger charge is -2.08. The van der Waals surface area contributed by atoms with Crippen molar-refractivity contribution in [3.05, 3.63) is 59.9 Å². The molecule has 32 heavy (non-hydrogen) atoms. The zero-order valence-electron chi connectivity index (χ0n) is 17.7. The fraction of sp³-hybridized carbons (Fsp3) is 0.304. The minimum Gasteiger partial charge on any atom is -0.462 e. The van der Waals surface area contributed by atoms with Gasteiger partial charge in [-0.3, -0.25) is 14.4 Å². The Hall–Kier alpha value is -3.75. The summed E-state index contributed by atoms with van der Waals surface area (Å²) < 4.78 is 22.7. The van der Waals surface area contributed by atoms with Gasteiger partial charge in [0.2, 0.25) is 5.91 Å². The highest BCUT2D eigenvalue weighted by molar-refractivity contribution is 5.94. The van der Waals surface area contributed by atoms with Gasteiger partial charge in [-0.25, -0.2) is 9.18 Å². The van der Waals surface area contributed by atoms with E-state index < -0.39 is 30.3 Å². The van der Waals surface area contributed by atoms with E-state index >= 15 is 0 Å². The van der Waals surface area contributed by atoms with E-state index in [2.05, 4.69) is 10.6 Å². The van der Waals surface area contributed by atoms with Crippen molar-refractivity contribution < 1.29 is 33.0 Å². The van der Waals surface area contributed by atoms with Crippen molar-refractivity contribution in [1.82, 2.24) is 0 Å². The number of nitrogens with one attached hydrogen (secondary N) is 2. The highest BCUT2D eigenvalue weighted by Gasteiger charge is 2.11. The normalized spacial score (nSPS) is 10.2. The van der Waals surface area contributed by atoms with Gasteiger partial charge in [-0.1, -0.05) is 6.92 Å². The number of anilines is 2. The maximum atomic E-state index is 12.8. The average Bonchev–Trinajstić information content (AvgIpc) is 2.78. The molecule has 9 heteroatoms. The van der Waals surface area contributed by atoms with Gasteiger partial charge in [-0.05, 0) is 61.4 Å². The predicted octanol–water partition coefficient (Wildman–Crippen LogP) is 3.68. The first-order valence-electron chi connectivity index (χ1n) is 10.2. The van der Waals surface area contributed by atoms with Gasteiger partial charge >= 0.3 is 11.9 Å². The van der Waals surface area contributed by atoms with Crippen LogP contribution in [-0.2, 0) is 23.9 Å². The molecule has 0 spiro atoms. The molecule has 0 aliphatic heterocycles. The van der Waals surface area contributed by atoms with Gasteiger partial charge in [0.05, 0.1) is 12.2 Å². The summed E-state index contributed by atoms with van der Waals surface area (Å²) in [7, 11) is 0. The van der Waals surface area contributed by atoms with Crippen LogP contribution < -0.4 is 10.6 Å². The SMILES string of the molecule is CCCOC(=O)c1ccc(NC(=O)CCCC(=O)OCC(=O)Nc2ccc(F)cc2)cc1. The molecule has 0 aromatic heterocycles. The molecule has 2 aromatic carbocycles. The van der Waals surface area contributed by atoms with E-state index in [1.165, 1.54) is 24.3 Å². The lowest BCUT2D eigenvalue weighted by molar-refractivity contribution is -0.147. The van der Waals surface area contributed by atoms with Crippen molar-refractivity contribution in [2.24, 2.45) is 0 Å². The second kappa shape index (κ2) is 12.8. The molecule has 2 amide bonds. The first kappa shape index (κ1) is 24.5. The molecule has 2 N–H and O–H groups in total. The van der Waals surface area contributed by atoms with Crippen LogP contribution in [0.1, 0.15) is 43.0 Å². The number of carbonyl (C=O) groups excluding carboxylic acids is 4. The van der Waals surface area contributed by atoms with Gasteiger partial charge in [0, 0.05) is 24.2 Å². The lowest BCUT2D eigenvalue weighted by atomic mass is 10.2. The summed E-state index contributed by atoms with van der Waals surface area (Å²) in [4.78, 5) is 47.2. The van der Waals surface area contributed by atoms with E-state index in [1.54, 1.807) is 24.3 Å². The standard InChI is InChI=1S/C23H25FN2O6/c1-2-14-31-23(30)16-6-10-18(11-7-16)25-20(27)4-3-5-22(29)32-15-21(28)26-19-12-8-17(24)9-13-19/h6-13H,2-5,14-15H2,1H3,(H,25,27)(H,26,28). The number of benzene rings is 2. The van der Waals surface area contributed by atoms with E-state index in [0.717, 1.165) is 6.42 Å². The van der Waals surface area contributed by atoms with Crippen LogP contribution in [0.2, 0.25) is 0 Å². The number of hydrogen-bond acceptors (Lipinski definition) is 6. The van der Waals surface area contributed by atoms with Gasteiger partial charge in [-0.2, -0.15) is 0 Å². The Morgan fingerprint density at radius 2 is 1.41 bits per heavy atom. The molecule has 2 rings (SSSR count). The monoisotopic (exact) mass is 444 g/mol. The summed E-state index contributed by atoms with van der Waals surface area (Å²) >= 11 is 0. The molecule has 0 aliphatic rings. The molecular weight excluding hydrogens is 419 g/mol. The summed E-state index contributed by atoms with van der Waals surface area (Å²) in [5.41, 5.74) is 1.29. The van der Waals surface area contributed by atoms with Crippen LogP contribution in [0, 0.1) is 5.82 Å². The van der Waals surface area contributed by atoms with Gasteiger partial charge in [0.15, 0.2) is 6.61 Å². The molecule has 0 atom stereocenters. The van der Waals surface area contributed by atoms with Gasteiger partial charge in [0.25, 0.3) is 5.91 Å². The zero-order chi connectivity index (χ0) is 23.3.